The molecule has 3 nitrogen and oxygen atoms in total. The summed E-state index contributed by atoms with van der Waals surface area (Å²) in [6.07, 6.45) is -4.06. The second-order valence-corrected chi connectivity index (χ2v) is 5.79. The summed E-state index contributed by atoms with van der Waals surface area (Å²) < 4.78 is 38.5. The van der Waals surface area contributed by atoms with Crippen LogP contribution in [0.15, 0.2) is 41.8 Å². The van der Waals surface area contributed by atoms with Gasteiger partial charge in [-0.15, -0.1) is 11.3 Å². The van der Waals surface area contributed by atoms with E-state index in [1.165, 1.54) is 29.5 Å². The van der Waals surface area contributed by atoms with Crippen LogP contribution in [-0.4, -0.2) is 11.7 Å². The highest BCUT2D eigenvalue weighted by Crippen LogP contribution is 2.34. The number of halogens is 3. The number of Topliss-reactive ketones (excluding diaryl/α,β-unsaturated/α-hetero) is 1. The minimum atomic E-state index is -4.53. The molecule has 0 bridgehead atoms. The molecule has 2 aromatic rings. The van der Waals surface area contributed by atoms with Crippen molar-refractivity contribution in [3.05, 3.63) is 52.2 Å². The quantitative estimate of drug-likeness (QED) is 0.770. The van der Waals surface area contributed by atoms with Crippen molar-refractivity contribution in [3.63, 3.8) is 0 Å². The fourth-order valence-corrected chi connectivity index (χ4v) is 2.72. The van der Waals surface area contributed by atoms with E-state index in [0.29, 0.717) is 4.88 Å². The average molecular weight is 341 g/mol. The van der Waals surface area contributed by atoms with E-state index >= 15 is 0 Å². The van der Waals surface area contributed by atoms with Crippen molar-refractivity contribution in [3.8, 4) is 0 Å². The number of ketones is 1. The molecule has 1 N–H and O–H groups in total. The van der Waals surface area contributed by atoms with Crippen molar-refractivity contribution in [2.75, 3.05) is 5.32 Å². The van der Waals surface area contributed by atoms with Crippen LogP contribution in [0, 0.1) is 0 Å². The summed E-state index contributed by atoms with van der Waals surface area (Å²) in [5, 5.41) is 4.04. The summed E-state index contributed by atoms with van der Waals surface area (Å²) in [4.78, 5) is 24.2. The Labute approximate surface area is 135 Å². The minimum absolute atomic E-state index is 0.0106. The van der Waals surface area contributed by atoms with Crippen molar-refractivity contribution in [1.29, 1.82) is 0 Å². The van der Waals surface area contributed by atoms with Crippen molar-refractivity contribution < 1.29 is 22.8 Å². The molecule has 0 fully saturated rings. The molecule has 0 radical (unpaired) electrons. The normalized spacial score (nSPS) is 11.3. The highest BCUT2D eigenvalue weighted by atomic mass is 32.1. The van der Waals surface area contributed by atoms with Gasteiger partial charge in [0.05, 0.1) is 16.1 Å². The van der Waals surface area contributed by atoms with E-state index in [4.69, 9.17) is 0 Å². The Morgan fingerprint density at radius 3 is 2.43 bits per heavy atom. The summed E-state index contributed by atoms with van der Waals surface area (Å²) >= 11 is 1.32. The number of rotatable bonds is 6. The lowest BCUT2D eigenvalue weighted by Crippen LogP contribution is -2.16. The molecule has 0 unspecified atom stereocenters. The maximum atomic E-state index is 12.8. The molecule has 122 valence electrons. The zero-order valence-electron chi connectivity index (χ0n) is 12.0. The molecular weight excluding hydrogens is 327 g/mol. The number of thiophene rings is 1. The van der Waals surface area contributed by atoms with Gasteiger partial charge in [-0.3, -0.25) is 9.59 Å². The van der Waals surface area contributed by atoms with Crippen molar-refractivity contribution in [2.45, 2.75) is 25.4 Å². The zero-order chi connectivity index (χ0) is 16.9. The van der Waals surface area contributed by atoms with E-state index in [0.717, 1.165) is 6.07 Å². The lowest BCUT2D eigenvalue weighted by atomic mass is 10.1. The van der Waals surface area contributed by atoms with Crippen LogP contribution in [0.2, 0.25) is 0 Å². The third-order valence-corrected chi connectivity index (χ3v) is 4.02. The Balaban J connectivity index is 1.87. The Morgan fingerprint density at radius 2 is 1.78 bits per heavy atom. The molecule has 0 saturated heterocycles. The van der Waals surface area contributed by atoms with E-state index < -0.39 is 17.6 Å². The maximum absolute atomic E-state index is 12.8. The Bertz CT molecular complexity index is 681. The van der Waals surface area contributed by atoms with Crippen molar-refractivity contribution in [1.82, 2.24) is 0 Å². The first-order chi connectivity index (χ1) is 10.9. The molecule has 0 saturated carbocycles. The number of nitrogens with one attached hydrogen (secondary N) is 1. The van der Waals surface area contributed by atoms with Gasteiger partial charge < -0.3 is 5.32 Å². The largest absolute Gasteiger partial charge is 0.418 e. The van der Waals surface area contributed by atoms with Crippen LogP contribution >= 0.6 is 11.3 Å². The third kappa shape index (κ3) is 4.92. The van der Waals surface area contributed by atoms with Crippen LogP contribution in [0.3, 0.4) is 0 Å². The monoisotopic (exact) mass is 341 g/mol. The summed E-state index contributed by atoms with van der Waals surface area (Å²) in [6, 6.07) is 8.27. The number of hydrogen-bond donors (Lipinski definition) is 1. The van der Waals surface area contributed by atoms with Gasteiger partial charge in [-0.2, -0.15) is 13.2 Å². The van der Waals surface area contributed by atoms with Gasteiger partial charge in [0, 0.05) is 12.8 Å². The predicted molar refractivity (Wildman–Crippen MR) is 82.6 cm³/mol. The number of carbonyl (C=O) groups excluding carboxylic acids is 2. The Morgan fingerprint density at radius 1 is 1.04 bits per heavy atom. The number of alkyl halides is 3. The van der Waals surface area contributed by atoms with Crippen LogP contribution < -0.4 is 5.32 Å². The van der Waals surface area contributed by atoms with E-state index in [9.17, 15) is 22.8 Å². The van der Waals surface area contributed by atoms with E-state index in [1.54, 1.807) is 17.5 Å². The van der Waals surface area contributed by atoms with Crippen LogP contribution in [0.4, 0.5) is 18.9 Å². The molecule has 7 heteroatoms. The Hall–Kier alpha value is -2.15. The molecule has 1 aromatic heterocycles. The van der Waals surface area contributed by atoms with Crippen LogP contribution in [0.1, 0.15) is 34.5 Å². The van der Waals surface area contributed by atoms with Crippen molar-refractivity contribution >= 4 is 28.7 Å². The molecule has 1 heterocycles. The number of benzene rings is 1. The third-order valence-electron chi connectivity index (χ3n) is 3.11. The number of hydrogen-bond acceptors (Lipinski definition) is 3. The van der Waals surface area contributed by atoms with Gasteiger partial charge in [0.2, 0.25) is 5.91 Å². The van der Waals surface area contributed by atoms with Gasteiger partial charge in [-0.25, -0.2) is 0 Å². The second kappa shape index (κ2) is 7.41. The highest BCUT2D eigenvalue weighted by molar-refractivity contribution is 7.12. The molecule has 0 atom stereocenters. The number of amides is 1. The van der Waals surface area contributed by atoms with Gasteiger partial charge in [0.25, 0.3) is 0 Å². The van der Waals surface area contributed by atoms with E-state index in [2.05, 4.69) is 5.32 Å². The molecule has 1 amide bonds. The molecule has 1 aromatic carbocycles. The lowest BCUT2D eigenvalue weighted by Gasteiger charge is -2.13. The smallest absolute Gasteiger partial charge is 0.326 e. The first kappa shape index (κ1) is 17.2. The summed E-state index contributed by atoms with van der Waals surface area (Å²) in [7, 11) is 0. The second-order valence-electron chi connectivity index (χ2n) is 4.85. The van der Waals surface area contributed by atoms with E-state index in [-0.39, 0.29) is 30.7 Å². The standard InChI is InChI=1S/C16H14F3NO2S/c17-16(18,19)11-5-1-2-6-12(11)20-15(22)9-3-7-13(21)14-8-4-10-23-14/h1-2,4-6,8,10H,3,7,9H2,(H,20,22). The molecular formula is C16H14F3NO2S. The Kier molecular flexibility index (Phi) is 5.54. The molecule has 0 aliphatic carbocycles. The molecule has 2 rings (SSSR count). The highest BCUT2D eigenvalue weighted by Gasteiger charge is 2.33. The van der Waals surface area contributed by atoms with Crippen LogP contribution in [-0.2, 0) is 11.0 Å². The van der Waals surface area contributed by atoms with E-state index in [1.807, 2.05) is 0 Å². The summed E-state index contributed by atoms with van der Waals surface area (Å²) in [5.74, 6) is -0.607. The molecule has 0 spiro atoms. The average Bonchev–Trinajstić information content (AvgIpc) is 3.01. The number of para-hydroxylation sites is 1. The van der Waals surface area contributed by atoms with Crippen LogP contribution in [0.5, 0.6) is 0 Å². The fourth-order valence-electron chi connectivity index (χ4n) is 2.02. The van der Waals surface area contributed by atoms with Crippen LogP contribution in [0.25, 0.3) is 0 Å². The fraction of sp³-hybridized carbons (Fsp3) is 0.250. The predicted octanol–water partition coefficient (Wildman–Crippen LogP) is 4.76. The lowest BCUT2D eigenvalue weighted by molar-refractivity contribution is -0.137. The minimum Gasteiger partial charge on any atom is -0.326 e. The van der Waals surface area contributed by atoms with Gasteiger partial charge in [0.15, 0.2) is 5.78 Å². The molecule has 23 heavy (non-hydrogen) atoms. The topological polar surface area (TPSA) is 46.2 Å². The van der Waals surface area contributed by atoms with Crippen molar-refractivity contribution in [2.24, 2.45) is 0 Å². The number of anilines is 1. The molecule has 0 aliphatic rings. The number of carbonyl (C=O) groups is 2. The van der Waals surface area contributed by atoms with Gasteiger partial charge in [0.1, 0.15) is 0 Å². The van der Waals surface area contributed by atoms with Gasteiger partial charge in [-0.05, 0) is 30.0 Å². The van der Waals surface area contributed by atoms with Gasteiger partial charge in [-0.1, -0.05) is 18.2 Å². The SMILES string of the molecule is O=C(CCCC(=O)c1cccs1)Nc1ccccc1C(F)(F)F. The molecule has 0 aliphatic heterocycles. The zero-order valence-corrected chi connectivity index (χ0v) is 12.8. The first-order valence-corrected chi connectivity index (χ1v) is 7.78. The summed E-state index contributed by atoms with van der Waals surface area (Å²) in [6.45, 7) is 0. The first-order valence-electron chi connectivity index (χ1n) is 6.90. The maximum Gasteiger partial charge on any atom is 0.418 e. The summed E-state index contributed by atoms with van der Waals surface area (Å²) in [5.41, 5.74) is -1.16. The van der Waals surface area contributed by atoms with Gasteiger partial charge >= 0.3 is 6.18 Å².